The van der Waals surface area contributed by atoms with Gasteiger partial charge in [0.15, 0.2) is 0 Å². The molecule has 0 unspecified atom stereocenters. The van der Waals surface area contributed by atoms with E-state index in [0.29, 0.717) is 0 Å². The van der Waals surface area contributed by atoms with Crippen LogP contribution < -0.4 is 0 Å². The first-order valence-electron chi connectivity index (χ1n) is 12.4. The maximum atomic E-state index is 3.81. The highest BCUT2D eigenvalue weighted by molar-refractivity contribution is 5.11. The summed E-state index contributed by atoms with van der Waals surface area (Å²) in [6, 6.07) is 10.3. The molecule has 9 heteroatoms. The number of benzene rings is 1. The van der Waals surface area contributed by atoms with Gasteiger partial charge in [-0.15, -0.1) is 10.2 Å². The minimum absolute atomic E-state index is 0.759. The Hall–Kier alpha value is -3.75. The number of hydrogen-bond acceptors (Lipinski definition) is 9. The van der Waals surface area contributed by atoms with E-state index >= 15 is 0 Å². The third kappa shape index (κ3) is 32.4. The summed E-state index contributed by atoms with van der Waals surface area (Å²) < 4.78 is 0. The number of rotatable bonds is 0. The second kappa shape index (κ2) is 35.8. The maximum Gasteiger partial charge on any atom is 0.138 e. The average Bonchev–Trinajstić information content (AvgIpc) is 2.96. The van der Waals surface area contributed by atoms with Crippen molar-refractivity contribution in [1.29, 1.82) is 0 Å². The molecule has 0 amide bonds. The number of aromatic nitrogens is 9. The van der Waals surface area contributed by atoms with E-state index in [1.807, 2.05) is 94.4 Å². The molecule has 9 nitrogen and oxygen atoms in total. The van der Waals surface area contributed by atoms with Crippen molar-refractivity contribution in [2.75, 3.05) is 0 Å². The van der Waals surface area contributed by atoms with Gasteiger partial charge in [-0.1, -0.05) is 91.3 Å². The molecule has 4 rings (SSSR count). The van der Waals surface area contributed by atoms with Crippen LogP contribution in [0.3, 0.4) is 0 Å². The van der Waals surface area contributed by atoms with E-state index in [9.17, 15) is 0 Å². The van der Waals surface area contributed by atoms with E-state index in [4.69, 9.17) is 0 Å². The van der Waals surface area contributed by atoms with Crippen LogP contribution in [0, 0.1) is 27.7 Å². The van der Waals surface area contributed by atoms with Gasteiger partial charge in [0.2, 0.25) is 0 Å². The smallest absolute Gasteiger partial charge is 0.138 e. The summed E-state index contributed by atoms with van der Waals surface area (Å²) in [4.78, 5) is 18.7. The lowest BCUT2D eigenvalue weighted by Crippen LogP contribution is -1.84. The van der Waals surface area contributed by atoms with E-state index in [1.54, 1.807) is 12.4 Å². The molecule has 0 aliphatic rings. The molecule has 200 valence electrons. The second-order valence-electron chi connectivity index (χ2n) is 5.34. The molecule has 0 atom stereocenters. The van der Waals surface area contributed by atoms with Crippen LogP contribution in [-0.4, -0.2) is 45.3 Å². The first-order valence-corrected chi connectivity index (χ1v) is 12.4. The van der Waals surface area contributed by atoms with Gasteiger partial charge in [-0.25, -0.2) is 24.9 Å². The summed E-state index contributed by atoms with van der Waals surface area (Å²) >= 11 is 0. The van der Waals surface area contributed by atoms with Crippen molar-refractivity contribution in [1.82, 2.24) is 45.3 Å². The minimum atomic E-state index is 0.759. The molecule has 4 aromatic rings. The summed E-state index contributed by atoms with van der Waals surface area (Å²) in [6.07, 6.45) is 9.06. The van der Waals surface area contributed by atoms with E-state index < -0.39 is 0 Å². The van der Waals surface area contributed by atoms with Crippen molar-refractivity contribution >= 4 is 0 Å². The molecule has 0 aliphatic carbocycles. The van der Waals surface area contributed by atoms with Crippen molar-refractivity contribution in [3.05, 3.63) is 90.8 Å². The first-order chi connectivity index (χ1) is 17.6. The molecule has 3 aromatic heterocycles. The summed E-state index contributed by atoms with van der Waals surface area (Å²) in [5.74, 6) is 0.759. The Balaban J connectivity index is -0.000000173. The van der Waals surface area contributed by atoms with Gasteiger partial charge in [0.05, 0.1) is 23.8 Å². The van der Waals surface area contributed by atoms with Crippen LogP contribution in [0.25, 0.3) is 0 Å². The predicted octanol–water partition coefficient (Wildman–Crippen LogP) is 6.64. The molecule has 0 bridgehead atoms. The molecule has 36 heavy (non-hydrogen) atoms. The zero-order valence-electron chi connectivity index (χ0n) is 24.4. The van der Waals surface area contributed by atoms with Crippen LogP contribution in [0.1, 0.15) is 78.2 Å². The topological polar surface area (TPSA) is 116 Å². The van der Waals surface area contributed by atoms with E-state index in [0.717, 1.165) is 17.2 Å². The summed E-state index contributed by atoms with van der Waals surface area (Å²) in [5, 5.41) is 14.2. The molecule has 0 fully saturated rings. The van der Waals surface area contributed by atoms with E-state index in [2.05, 4.69) is 64.4 Å². The van der Waals surface area contributed by atoms with Crippen molar-refractivity contribution in [2.24, 2.45) is 0 Å². The van der Waals surface area contributed by atoms with Gasteiger partial charge in [0.25, 0.3) is 0 Å². The van der Waals surface area contributed by atoms with Crippen molar-refractivity contribution < 1.29 is 0 Å². The van der Waals surface area contributed by atoms with Crippen LogP contribution in [0.2, 0.25) is 0 Å². The van der Waals surface area contributed by atoms with E-state index in [-0.39, 0.29) is 0 Å². The zero-order chi connectivity index (χ0) is 28.5. The van der Waals surface area contributed by atoms with Gasteiger partial charge in [-0.05, 0) is 27.7 Å². The van der Waals surface area contributed by atoms with Gasteiger partial charge in [0, 0.05) is 0 Å². The van der Waals surface area contributed by atoms with Crippen molar-refractivity contribution in [3.8, 4) is 0 Å². The Morgan fingerprint density at radius 2 is 1.03 bits per heavy atom. The van der Waals surface area contributed by atoms with Crippen LogP contribution >= 0.6 is 0 Å². The monoisotopic (exact) mass is 497 g/mol. The van der Waals surface area contributed by atoms with Gasteiger partial charge < -0.3 is 0 Å². The molecule has 0 N–H and O–H groups in total. The Kier molecular flexibility index (Phi) is 39.3. The number of hydrogen-bond donors (Lipinski definition) is 0. The van der Waals surface area contributed by atoms with Crippen molar-refractivity contribution in [2.45, 2.75) is 83.1 Å². The van der Waals surface area contributed by atoms with Crippen molar-refractivity contribution in [3.63, 3.8) is 0 Å². The van der Waals surface area contributed by atoms with Gasteiger partial charge >= 0.3 is 0 Å². The van der Waals surface area contributed by atoms with E-state index in [1.165, 1.54) is 30.9 Å². The van der Waals surface area contributed by atoms with Crippen LogP contribution in [-0.2, 0) is 0 Å². The third-order valence-corrected chi connectivity index (χ3v) is 2.78. The molecular formula is C27H47N9. The number of aryl methyl sites for hydroxylation is 4. The highest BCUT2D eigenvalue weighted by Gasteiger charge is 1.77. The lowest BCUT2D eigenvalue weighted by Gasteiger charge is -1.82. The molecule has 0 saturated heterocycles. The van der Waals surface area contributed by atoms with Gasteiger partial charge in [-0.3, -0.25) is 0 Å². The molecule has 0 radical (unpaired) electrons. The van der Waals surface area contributed by atoms with Gasteiger partial charge in [0.1, 0.15) is 31.1 Å². The Bertz CT molecular complexity index is 699. The normalized spacial score (nSPS) is 7.44. The molecular weight excluding hydrogens is 450 g/mol. The molecule has 0 saturated carbocycles. The highest BCUT2D eigenvalue weighted by atomic mass is 15.1. The fraction of sp³-hybridized carbons (Fsp3) is 0.444. The highest BCUT2D eigenvalue weighted by Crippen LogP contribution is 1.92. The summed E-state index contributed by atoms with van der Waals surface area (Å²) in [5.41, 5.74) is 3.07. The maximum absolute atomic E-state index is 3.81. The third-order valence-electron chi connectivity index (χ3n) is 2.78. The molecule has 3 heterocycles. The summed E-state index contributed by atoms with van der Waals surface area (Å²) in [6.45, 7) is 23.6. The standard InChI is InChI=1S/C7H8.3C4H5N3.4C2H6/c1-7-5-3-2-4-6-7;1-4-6-2-5-3-7-4;1-4-2-6-7-3-5-4;1-4-2-5-3-6-7-4;4*1-2/h2-6H,1H3;3*2-3H,1H3;4*1-2H3. The molecule has 0 spiro atoms. The fourth-order valence-electron chi connectivity index (χ4n) is 1.44. The Morgan fingerprint density at radius 1 is 0.472 bits per heavy atom. The Morgan fingerprint density at radius 3 is 1.25 bits per heavy atom. The van der Waals surface area contributed by atoms with Crippen LogP contribution in [0.4, 0.5) is 0 Å². The summed E-state index contributed by atoms with van der Waals surface area (Å²) in [7, 11) is 0. The predicted molar refractivity (Wildman–Crippen MR) is 150 cm³/mol. The lowest BCUT2D eigenvalue weighted by molar-refractivity contribution is 0.925. The minimum Gasteiger partial charge on any atom is -0.241 e. The zero-order valence-corrected chi connectivity index (χ0v) is 24.4. The lowest BCUT2D eigenvalue weighted by atomic mass is 10.2. The number of nitrogens with zero attached hydrogens (tertiary/aromatic N) is 9. The molecule has 0 aliphatic heterocycles. The molecule has 1 aromatic carbocycles. The van der Waals surface area contributed by atoms with Crippen LogP contribution in [0.5, 0.6) is 0 Å². The quantitative estimate of drug-likeness (QED) is 0.263. The first kappa shape index (κ1) is 39.5. The van der Waals surface area contributed by atoms with Crippen LogP contribution in [0.15, 0.2) is 68.0 Å². The largest absolute Gasteiger partial charge is 0.241 e. The fourth-order valence-corrected chi connectivity index (χ4v) is 1.44. The van der Waals surface area contributed by atoms with Gasteiger partial charge in [-0.2, -0.15) is 10.2 Å². The SMILES string of the molecule is CC.CC.CC.CC.Cc1ccccc1.Cc1cncnn1.Cc1cnncn1.Cc1ncncn1. The average molecular weight is 498 g/mol. The second-order valence-corrected chi connectivity index (χ2v) is 5.34. The Labute approximate surface area is 219 Å².